The molecule has 110 valence electrons. The average molecular weight is 283 g/mol. The van der Waals surface area contributed by atoms with Crippen LogP contribution in [0.4, 0.5) is 4.79 Å². The second-order valence-corrected chi connectivity index (χ2v) is 5.23. The lowest BCUT2D eigenvalue weighted by Crippen LogP contribution is -2.45. The van der Waals surface area contributed by atoms with Gasteiger partial charge < -0.3 is 15.3 Å². The number of aliphatic carboxylic acids is 1. The van der Waals surface area contributed by atoms with Crippen molar-refractivity contribution in [3.8, 4) is 0 Å². The molecule has 0 spiro atoms. The summed E-state index contributed by atoms with van der Waals surface area (Å²) in [5, 5.41) is 11.4. The molecule has 1 aliphatic carbocycles. The van der Waals surface area contributed by atoms with Crippen molar-refractivity contribution < 1.29 is 24.3 Å². The SMILES string of the molecule is CN1CC(=O)N(CC(=O)NC(CC(=O)O)C2CC2)C1=O. The number of carboxylic acids is 1. The van der Waals surface area contributed by atoms with Gasteiger partial charge in [0.15, 0.2) is 0 Å². The smallest absolute Gasteiger partial charge is 0.327 e. The fourth-order valence-corrected chi connectivity index (χ4v) is 2.24. The predicted molar refractivity (Wildman–Crippen MR) is 66.6 cm³/mol. The first-order valence-corrected chi connectivity index (χ1v) is 6.45. The van der Waals surface area contributed by atoms with E-state index in [0.29, 0.717) is 0 Å². The van der Waals surface area contributed by atoms with Gasteiger partial charge in [-0.15, -0.1) is 0 Å². The zero-order valence-corrected chi connectivity index (χ0v) is 11.2. The van der Waals surface area contributed by atoms with Gasteiger partial charge in [-0.1, -0.05) is 0 Å². The Bertz CT molecular complexity index is 460. The molecule has 1 saturated carbocycles. The zero-order chi connectivity index (χ0) is 14.9. The van der Waals surface area contributed by atoms with Gasteiger partial charge in [0.2, 0.25) is 5.91 Å². The summed E-state index contributed by atoms with van der Waals surface area (Å²) in [6, 6.07) is -0.933. The number of carboxylic acid groups (broad SMARTS) is 1. The lowest BCUT2D eigenvalue weighted by atomic mass is 10.1. The highest BCUT2D eigenvalue weighted by Crippen LogP contribution is 2.34. The van der Waals surface area contributed by atoms with Crippen molar-refractivity contribution in [1.29, 1.82) is 0 Å². The third-order valence-corrected chi connectivity index (χ3v) is 3.46. The lowest BCUT2D eigenvalue weighted by Gasteiger charge is -2.19. The van der Waals surface area contributed by atoms with Gasteiger partial charge in [0.25, 0.3) is 5.91 Å². The van der Waals surface area contributed by atoms with Crippen LogP contribution in [0.5, 0.6) is 0 Å². The van der Waals surface area contributed by atoms with E-state index in [9.17, 15) is 19.2 Å². The molecule has 1 heterocycles. The van der Waals surface area contributed by atoms with Crippen molar-refractivity contribution >= 4 is 23.8 Å². The van der Waals surface area contributed by atoms with Crippen LogP contribution in [0.25, 0.3) is 0 Å². The van der Waals surface area contributed by atoms with Crippen molar-refractivity contribution in [3.63, 3.8) is 0 Å². The number of hydrogen-bond donors (Lipinski definition) is 2. The summed E-state index contributed by atoms with van der Waals surface area (Å²) in [7, 11) is 1.48. The number of rotatable bonds is 6. The third-order valence-electron chi connectivity index (χ3n) is 3.46. The van der Waals surface area contributed by atoms with Crippen molar-refractivity contribution in [1.82, 2.24) is 15.1 Å². The minimum atomic E-state index is -0.977. The van der Waals surface area contributed by atoms with Gasteiger partial charge in [0, 0.05) is 13.1 Å². The standard InChI is InChI=1S/C12H17N3O5/c1-14-6-10(17)15(12(14)20)5-9(16)13-8(4-11(18)19)7-2-3-7/h7-8H,2-6H2,1H3,(H,13,16)(H,18,19). The van der Waals surface area contributed by atoms with Gasteiger partial charge in [-0.25, -0.2) is 4.79 Å². The van der Waals surface area contributed by atoms with Crippen molar-refractivity contribution in [2.24, 2.45) is 5.92 Å². The summed E-state index contributed by atoms with van der Waals surface area (Å²) in [5.74, 6) is -1.72. The van der Waals surface area contributed by atoms with Crippen molar-refractivity contribution in [2.45, 2.75) is 25.3 Å². The molecule has 2 aliphatic rings. The van der Waals surface area contributed by atoms with Crippen LogP contribution in [0.15, 0.2) is 0 Å². The number of carbonyl (C=O) groups is 4. The Labute approximate surface area is 115 Å². The zero-order valence-electron chi connectivity index (χ0n) is 11.2. The lowest BCUT2D eigenvalue weighted by molar-refractivity contribution is -0.138. The molecule has 2 fully saturated rings. The minimum absolute atomic E-state index is 0.0344. The normalized spacial score (nSPS) is 20.2. The third kappa shape index (κ3) is 3.25. The Kier molecular flexibility index (Phi) is 3.91. The minimum Gasteiger partial charge on any atom is -0.481 e. The first-order valence-electron chi connectivity index (χ1n) is 6.45. The molecule has 0 radical (unpaired) electrons. The maximum absolute atomic E-state index is 11.9. The van der Waals surface area contributed by atoms with Crippen LogP contribution in [0, 0.1) is 5.92 Å². The Balaban J connectivity index is 1.89. The van der Waals surface area contributed by atoms with E-state index in [2.05, 4.69) is 5.32 Å². The van der Waals surface area contributed by atoms with E-state index in [1.807, 2.05) is 0 Å². The number of urea groups is 1. The first-order chi connectivity index (χ1) is 9.38. The molecule has 20 heavy (non-hydrogen) atoms. The molecule has 1 saturated heterocycles. The predicted octanol–water partition coefficient (Wildman–Crippen LogP) is -0.750. The molecule has 0 aromatic carbocycles. The first kappa shape index (κ1) is 14.3. The number of carbonyl (C=O) groups excluding carboxylic acids is 3. The number of nitrogens with zero attached hydrogens (tertiary/aromatic N) is 2. The van der Waals surface area contributed by atoms with E-state index in [0.717, 1.165) is 17.7 Å². The van der Waals surface area contributed by atoms with Crippen LogP contribution in [-0.4, -0.2) is 64.9 Å². The Morgan fingerprint density at radius 2 is 2.05 bits per heavy atom. The maximum atomic E-state index is 11.9. The quantitative estimate of drug-likeness (QED) is 0.624. The fraction of sp³-hybridized carbons (Fsp3) is 0.667. The Morgan fingerprint density at radius 1 is 1.40 bits per heavy atom. The molecule has 1 atom stereocenters. The second-order valence-electron chi connectivity index (χ2n) is 5.23. The molecule has 1 aliphatic heterocycles. The van der Waals surface area contributed by atoms with Gasteiger partial charge in [0.05, 0.1) is 6.42 Å². The van der Waals surface area contributed by atoms with E-state index in [1.165, 1.54) is 11.9 Å². The van der Waals surface area contributed by atoms with E-state index in [-0.39, 0.29) is 25.4 Å². The van der Waals surface area contributed by atoms with Gasteiger partial charge in [0.1, 0.15) is 13.1 Å². The molecule has 0 aromatic heterocycles. The van der Waals surface area contributed by atoms with Gasteiger partial charge >= 0.3 is 12.0 Å². The van der Waals surface area contributed by atoms with Crippen LogP contribution in [0.2, 0.25) is 0 Å². The largest absolute Gasteiger partial charge is 0.481 e. The molecule has 2 N–H and O–H groups in total. The molecule has 8 nitrogen and oxygen atoms in total. The van der Waals surface area contributed by atoms with E-state index < -0.39 is 29.9 Å². The Hall–Kier alpha value is -2.12. The number of nitrogens with one attached hydrogen (secondary N) is 1. The molecular weight excluding hydrogens is 266 g/mol. The summed E-state index contributed by atoms with van der Waals surface area (Å²) < 4.78 is 0. The molecule has 1 unspecified atom stereocenters. The highest BCUT2D eigenvalue weighted by molar-refractivity contribution is 6.04. The summed E-state index contributed by atoms with van der Waals surface area (Å²) >= 11 is 0. The second kappa shape index (κ2) is 5.48. The average Bonchev–Trinajstić information content (AvgIpc) is 3.14. The van der Waals surface area contributed by atoms with Gasteiger partial charge in [-0.2, -0.15) is 0 Å². The molecule has 0 bridgehead atoms. The topological polar surface area (TPSA) is 107 Å². The number of hydrogen-bond acceptors (Lipinski definition) is 4. The monoisotopic (exact) mass is 283 g/mol. The van der Waals surface area contributed by atoms with Gasteiger partial charge in [-0.3, -0.25) is 19.3 Å². The van der Waals surface area contributed by atoms with Crippen molar-refractivity contribution in [2.75, 3.05) is 20.1 Å². The highest BCUT2D eigenvalue weighted by atomic mass is 16.4. The van der Waals surface area contributed by atoms with Crippen LogP contribution in [-0.2, 0) is 14.4 Å². The molecular formula is C12H17N3O5. The van der Waals surface area contributed by atoms with Crippen LogP contribution >= 0.6 is 0 Å². The molecule has 8 heteroatoms. The van der Waals surface area contributed by atoms with Crippen molar-refractivity contribution in [3.05, 3.63) is 0 Å². The van der Waals surface area contributed by atoms with Crippen LogP contribution in [0.3, 0.4) is 0 Å². The van der Waals surface area contributed by atoms with E-state index >= 15 is 0 Å². The summed E-state index contributed by atoms with van der Waals surface area (Å²) in [4.78, 5) is 47.8. The van der Waals surface area contributed by atoms with Gasteiger partial charge in [-0.05, 0) is 18.8 Å². The molecule has 2 rings (SSSR count). The number of imide groups is 1. The number of likely N-dealkylation sites (N-methyl/N-ethyl adjacent to an activating group) is 1. The summed E-state index contributed by atoms with van der Waals surface area (Å²) in [6.45, 7) is -0.391. The van der Waals surface area contributed by atoms with E-state index in [4.69, 9.17) is 5.11 Å². The van der Waals surface area contributed by atoms with Crippen LogP contribution in [0.1, 0.15) is 19.3 Å². The highest BCUT2D eigenvalue weighted by Gasteiger charge is 2.37. The van der Waals surface area contributed by atoms with E-state index in [1.54, 1.807) is 0 Å². The summed E-state index contributed by atoms with van der Waals surface area (Å²) in [6.07, 6.45) is 1.64. The fourth-order valence-electron chi connectivity index (χ4n) is 2.24. The Morgan fingerprint density at radius 3 is 2.50 bits per heavy atom. The number of amides is 4. The molecule has 4 amide bonds. The van der Waals surface area contributed by atoms with Crippen LogP contribution < -0.4 is 5.32 Å². The maximum Gasteiger partial charge on any atom is 0.327 e. The molecule has 0 aromatic rings. The summed E-state index contributed by atoms with van der Waals surface area (Å²) in [5.41, 5.74) is 0.